The van der Waals surface area contributed by atoms with Crippen LogP contribution in [0, 0.1) is 0 Å². The average molecular weight is 575 g/mol. The normalized spacial score (nSPS) is 12.2. The second-order valence-corrected chi connectivity index (χ2v) is 10.8. The number of tetrazole rings is 1. The Morgan fingerprint density at radius 1 is 0.884 bits per heavy atom. The second kappa shape index (κ2) is 12.0. The fraction of sp³-hybridized carbons (Fsp3) is 0.273. The molecule has 218 valence electrons. The number of H-pyrrole nitrogens is 1. The van der Waals surface area contributed by atoms with Gasteiger partial charge in [-0.15, -0.1) is 5.10 Å². The van der Waals surface area contributed by atoms with Crippen LogP contribution in [-0.2, 0) is 20.0 Å². The maximum atomic E-state index is 13.7. The minimum atomic E-state index is -0.372. The molecule has 0 bridgehead atoms. The van der Waals surface area contributed by atoms with Crippen molar-refractivity contribution in [1.29, 1.82) is 0 Å². The van der Waals surface area contributed by atoms with E-state index in [9.17, 15) is 9.59 Å². The van der Waals surface area contributed by atoms with Crippen molar-refractivity contribution < 1.29 is 0 Å². The molecule has 3 aromatic carbocycles. The fourth-order valence-corrected chi connectivity index (χ4v) is 5.67. The summed E-state index contributed by atoms with van der Waals surface area (Å²) in [5.74, 6) is 1.42. The highest BCUT2D eigenvalue weighted by molar-refractivity contribution is 5.80. The highest BCUT2D eigenvalue weighted by Crippen LogP contribution is 2.30. The molecule has 0 aliphatic heterocycles. The van der Waals surface area contributed by atoms with Crippen molar-refractivity contribution in [1.82, 2.24) is 39.3 Å². The Bertz CT molecular complexity index is 1970. The number of aromatic amines is 1. The first-order valence-electron chi connectivity index (χ1n) is 14.7. The van der Waals surface area contributed by atoms with Crippen LogP contribution in [0.1, 0.15) is 56.1 Å². The van der Waals surface area contributed by atoms with Gasteiger partial charge in [0.15, 0.2) is 17.0 Å². The van der Waals surface area contributed by atoms with Crippen LogP contribution in [0.3, 0.4) is 0 Å². The lowest BCUT2D eigenvalue weighted by Gasteiger charge is -2.17. The van der Waals surface area contributed by atoms with Crippen molar-refractivity contribution in [2.45, 2.75) is 52.1 Å². The maximum Gasteiger partial charge on any atom is 0.333 e. The molecule has 1 unspecified atom stereocenters. The topological polar surface area (TPSA) is 116 Å². The Morgan fingerprint density at radius 2 is 1.60 bits per heavy atom. The first kappa shape index (κ1) is 28.0. The molecule has 10 heteroatoms. The zero-order valence-corrected chi connectivity index (χ0v) is 24.6. The summed E-state index contributed by atoms with van der Waals surface area (Å²) in [4.78, 5) is 32.2. The summed E-state index contributed by atoms with van der Waals surface area (Å²) in [6, 6.07) is 25.8. The minimum Gasteiger partial charge on any atom is -0.318 e. The maximum absolute atomic E-state index is 13.7. The van der Waals surface area contributed by atoms with Crippen LogP contribution in [0.5, 0.6) is 0 Å². The van der Waals surface area contributed by atoms with Gasteiger partial charge in [-0.3, -0.25) is 13.9 Å². The molecule has 1 atom stereocenters. The second-order valence-electron chi connectivity index (χ2n) is 10.8. The number of fused-ring (bicyclic) bond motifs is 1. The van der Waals surface area contributed by atoms with Gasteiger partial charge in [0, 0.05) is 25.6 Å². The predicted octanol–water partition coefficient (Wildman–Crippen LogP) is 5.13. The monoisotopic (exact) mass is 574 g/mol. The summed E-state index contributed by atoms with van der Waals surface area (Å²) in [5.41, 5.74) is 5.11. The molecule has 43 heavy (non-hydrogen) atoms. The van der Waals surface area contributed by atoms with Gasteiger partial charge in [0.05, 0.1) is 6.04 Å². The number of hydrogen-bond acceptors (Lipinski definition) is 6. The molecule has 6 aromatic rings. The van der Waals surface area contributed by atoms with Gasteiger partial charge in [-0.25, -0.2) is 14.9 Å². The van der Waals surface area contributed by atoms with E-state index in [2.05, 4.69) is 51.8 Å². The van der Waals surface area contributed by atoms with Gasteiger partial charge in [0.25, 0.3) is 5.56 Å². The SMILES string of the molecule is CCCCCc1nc2c(c(=O)n(C)c(=O)n2C(C)c2ccccc2)n1Cc1ccc(-c2ccccc2-c2nnn[nH]2)cc1. The van der Waals surface area contributed by atoms with Crippen molar-refractivity contribution in [2.75, 3.05) is 0 Å². The number of hydrogen-bond donors (Lipinski definition) is 1. The summed E-state index contributed by atoms with van der Waals surface area (Å²) in [6.07, 6.45) is 3.80. The third-order valence-electron chi connectivity index (χ3n) is 8.06. The summed E-state index contributed by atoms with van der Waals surface area (Å²) in [7, 11) is 1.54. The lowest BCUT2D eigenvalue weighted by atomic mass is 9.98. The smallest absolute Gasteiger partial charge is 0.318 e. The zero-order valence-electron chi connectivity index (χ0n) is 24.6. The molecule has 1 N–H and O–H groups in total. The van der Waals surface area contributed by atoms with Crippen LogP contribution < -0.4 is 11.2 Å². The molecule has 0 aliphatic carbocycles. The third kappa shape index (κ3) is 5.31. The van der Waals surface area contributed by atoms with E-state index in [1.54, 1.807) is 11.6 Å². The van der Waals surface area contributed by atoms with Crippen molar-refractivity contribution in [3.63, 3.8) is 0 Å². The minimum absolute atomic E-state index is 0.297. The van der Waals surface area contributed by atoms with Gasteiger partial charge in [-0.2, -0.15) is 0 Å². The van der Waals surface area contributed by atoms with Gasteiger partial charge in [0.1, 0.15) is 5.82 Å². The molecule has 0 aliphatic rings. The van der Waals surface area contributed by atoms with Crippen LogP contribution in [0.15, 0.2) is 88.5 Å². The molecule has 3 heterocycles. The largest absolute Gasteiger partial charge is 0.333 e. The molecular formula is C33H34N8O2. The van der Waals surface area contributed by atoms with Crippen LogP contribution >= 0.6 is 0 Å². The number of unbranched alkanes of at least 4 members (excludes halogenated alkanes) is 2. The van der Waals surface area contributed by atoms with E-state index in [0.717, 1.165) is 59.3 Å². The Balaban J connectivity index is 1.44. The molecule has 3 aromatic heterocycles. The van der Waals surface area contributed by atoms with Crippen molar-refractivity contribution in [3.05, 3.63) is 117 Å². The first-order chi connectivity index (χ1) is 21.0. The molecule has 0 amide bonds. The Hall–Kier alpha value is -5.12. The summed E-state index contributed by atoms with van der Waals surface area (Å²) in [6.45, 7) is 4.59. The van der Waals surface area contributed by atoms with Gasteiger partial charge < -0.3 is 4.57 Å². The molecule has 6 rings (SSSR count). The standard InChI is InChI=1S/C33H34N8O2/c1-4-5-7-16-28-34-31-29(32(42)39(3)33(43)41(31)22(2)24-12-8-6-9-13-24)40(28)21-23-17-19-25(20-18-23)26-14-10-11-15-27(26)30-35-37-38-36-30/h6,8-15,17-20,22H,4-5,7,16,21H2,1-3H3,(H,35,36,37,38). The highest BCUT2D eigenvalue weighted by Gasteiger charge is 2.24. The quantitative estimate of drug-likeness (QED) is 0.227. The van der Waals surface area contributed by atoms with E-state index in [1.807, 2.05) is 66.1 Å². The Labute approximate surface area is 248 Å². The first-order valence-corrected chi connectivity index (χ1v) is 14.7. The van der Waals surface area contributed by atoms with E-state index in [-0.39, 0.29) is 17.3 Å². The van der Waals surface area contributed by atoms with E-state index in [1.165, 1.54) is 4.57 Å². The van der Waals surface area contributed by atoms with E-state index in [0.29, 0.717) is 23.5 Å². The van der Waals surface area contributed by atoms with E-state index < -0.39 is 0 Å². The number of aryl methyl sites for hydroxylation is 1. The zero-order chi connectivity index (χ0) is 29.9. The lowest BCUT2D eigenvalue weighted by Crippen LogP contribution is -2.40. The fourth-order valence-electron chi connectivity index (χ4n) is 5.67. The summed E-state index contributed by atoms with van der Waals surface area (Å²) < 4.78 is 4.86. The number of nitrogens with one attached hydrogen (secondary N) is 1. The van der Waals surface area contributed by atoms with Crippen LogP contribution in [0.2, 0.25) is 0 Å². The highest BCUT2D eigenvalue weighted by atomic mass is 16.2. The molecule has 0 radical (unpaired) electrons. The Kier molecular flexibility index (Phi) is 7.83. The molecule has 0 fully saturated rings. The van der Waals surface area contributed by atoms with Gasteiger partial charge in [-0.1, -0.05) is 98.6 Å². The third-order valence-corrected chi connectivity index (χ3v) is 8.06. The van der Waals surface area contributed by atoms with Crippen LogP contribution in [-0.4, -0.2) is 39.3 Å². The van der Waals surface area contributed by atoms with E-state index in [4.69, 9.17) is 4.98 Å². The van der Waals surface area contributed by atoms with E-state index >= 15 is 0 Å². The number of rotatable bonds is 10. The van der Waals surface area contributed by atoms with Crippen molar-refractivity contribution >= 4 is 11.2 Å². The average Bonchev–Trinajstić information content (AvgIpc) is 3.70. The molecule has 0 spiro atoms. The number of benzene rings is 3. The number of aromatic nitrogens is 8. The Morgan fingerprint density at radius 3 is 2.30 bits per heavy atom. The summed E-state index contributed by atoms with van der Waals surface area (Å²) >= 11 is 0. The molecule has 10 nitrogen and oxygen atoms in total. The van der Waals surface area contributed by atoms with Crippen molar-refractivity contribution in [3.8, 4) is 22.5 Å². The van der Waals surface area contributed by atoms with Gasteiger partial charge >= 0.3 is 5.69 Å². The number of imidazole rings is 1. The molecule has 0 saturated heterocycles. The van der Waals surface area contributed by atoms with Gasteiger partial charge in [0.2, 0.25) is 0 Å². The van der Waals surface area contributed by atoms with Crippen LogP contribution in [0.4, 0.5) is 0 Å². The number of nitrogens with zero attached hydrogens (tertiary/aromatic N) is 7. The lowest BCUT2D eigenvalue weighted by molar-refractivity contribution is 0.579. The summed E-state index contributed by atoms with van der Waals surface area (Å²) in [5, 5.41) is 14.4. The van der Waals surface area contributed by atoms with Gasteiger partial charge in [-0.05, 0) is 46.0 Å². The molecular weight excluding hydrogens is 540 g/mol. The van der Waals surface area contributed by atoms with Crippen LogP contribution in [0.25, 0.3) is 33.7 Å². The predicted molar refractivity (Wildman–Crippen MR) is 167 cm³/mol. The van der Waals surface area contributed by atoms with Crippen molar-refractivity contribution in [2.24, 2.45) is 7.05 Å². The molecule has 0 saturated carbocycles.